The number of nitrogens with one attached hydrogen (secondary N) is 4. The first-order valence-electron chi connectivity index (χ1n) is 9.12. The number of amides is 2. The van der Waals surface area contributed by atoms with Gasteiger partial charge in [-0.25, -0.2) is 4.79 Å². The summed E-state index contributed by atoms with van der Waals surface area (Å²) in [6.45, 7) is 7.54. The molecule has 146 valence electrons. The van der Waals surface area contributed by atoms with E-state index >= 15 is 0 Å². The normalized spacial score (nSPS) is 12.6. The molecule has 0 saturated heterocycles. The van der Waals surface area contributed by atoms with Crippen LogP contribution in [0, 0.1) is 0 Å². The Balaban J connectivity index is 1.78. The summed E-state index contributed by atoms with van der Waals surface area (Å²) in [6.07, 6.45) is 0. The lowest BCUT2D eigenvalue weighted by Gasteiger charge is -2.15. The van der Waals surface area contributed by atoms with Gasteiger partial charge in [-0.05, 0) is 43.0 Å². The third-order valence-corrected chi connectivity index (χ3v) is 5.02. The lowest BCUT2D eigenvalue weighted by molar-refractivity contribution is 0.250. The first-order chi connectivity index (χ1) is 13.0. The van der Waals surface area contributed by atoms with E-state index in [0.717, 1.165) is 23.8 Å². The van der Waals surface area contributed by atoms with Crippen molar-refractivity contribution in [2.45, 2.75) is 39.3 Å². The summed E-state index contributed by atoms with van der Waals surface area (Å²) >= 11 is 1.77. The molecule has 0 fully saturated rings. The number of hydrogen-bond donors (Lipinski definition) is 4. The van der Waals surface area contributed by atoms with Gasteiger partial charge in [-0.15, -0.1) is 11.3 Å². The molecule has 0 aliphatic rings. The Morgan fingerprint density at radius 3 is 2.44 bits per heavy atom. The van der Waals surface area contributed by atoms with Crippen molar-refractivity contribution in [3.8, 4) is 0 Å². The van der Waals surface area contributed by atoms with Crippen molar-refractivity contribution in [3.05, 3.63) is 52.2 Å². The molecule has 0 aliphatic carbocycles. The number of hydrogen-bond acceptors (Lipinski definition) is 3. The molecule has 1 heterocycles. The van der Waals surface area contributed by atoms with Crippen LogP contribution >= 0.6 is 11.3 Å². The second kappa shape index (κ2) is 10.6. The van der Waals surface area contributed by atoms with Gasteiger partial charge in [0.2, 0.25) is 0 Å². The Morgan fingerprint density at radius 1 is 1.11 bits per heavy atom. The number of urea groups is 1. The number of nitrogens with zero attached hydrogens (tertiary/aromatic N) is 1. The second-order valence-corrected chi connectivity index (χ2v) is 7.65. The van der Waals surface area contributed by atoms with Crippen molar-refractivity contribution < 1.29 is 4.79 Å². The zero-order valence-corrected chi connectivity index (χ0v) is 17.2. The van der Waals surface area contributed by atoms with Crippen LogP contribution in [0.1, 0.15) is 37.1 Å². The molecule has 2 rings (SSSR count). The van der Waals surface area contributed by atoms with Gasteiger partial charge in [-0.1, -0.05) is 25.1 Å². The highest BCUT2D eigenvalue weighted by molar-refractivity contribution is 7.10. The number of carbonyl (C=O) groups excluding carboxylic acids is 1. The van der Waals surface area contributed by atoms with E-state index in [9.17, 15) is 4.79 Å². The molecule has 4 N–H and O–H groups in total. The maximum Gasteiger partial charge on any atom is 0.319 e. The summed E-state index contributed by atoms with van der Waals surface area (Å²) in [5.74, 6) is 1.21. The molecule has 1 aromatic carbocycles. The van der Waals surface area contributed by atoms with Crippen LogP contribution in [0.5, 0.6) is 0 Å². The van der Waals surface area contributed by atoms with Crippen LogP contribution in [0.25, 0.3) is 0 Å². The first kappa shape index (κ1) is 20.8. The van der Waals surface area contributed by atoms with Gasteiger partial charge in [0.15, 0.2) is 5.96 Å². The van der Waals surface area contributed by atoms with E-state index in [1.807, 2.05) is 38.1 Å². The molecule has 7 heteroatoms. The second-order valence-electron chi connectivity index (χ2n) is 6.67. The number of anilines is 1. The Hall–Kier alpha value is -2.54. The quantitative estimate of drug-likeness (QED) is 0.432. The van der Waals surface area contributed by atoms with E-state index < -0.39 is 0 Å². The molecule has 1 atom stereocenters. The lowest BCUT2D eigenvalue weighted by atomic mass is 10.1. The smallest absolute Gasteiger partial charge is 0.319 e. The fourth-order valence-electron chi connectivity index (χ4n) is 2.46. The van der Waals surface area contributed by atoms with Gasteiger partial charge in [0, 0.05) is 42.7 Å². The molecule has 0 radical (unpaired) electrons. The number of aliphatic imine (C=N–C) groups is 1. The number of carbonyl (C=O) groups is 1. The van der Waals surface area contributed by atoms with Crippen molar-refractivity contribution in [1.82, 2.24) is 16.0 Å². The van der Waals surface area contributed by atoms with Gasteiger partial charge >= 0.3 is 6.03 Å². The minimum absolute atomic E-state index is 0.107. The zero-order valence-electron chi connectivity index (χ0n) is 16.4. The van der Waals surface area contributed by atoms with Crippen molar-refractivity contribution in [1.29, 1.82) is 0 Å². The molecule has 0 aliphatic heterocycles. The van der Waals surface area contributed by atoms with Crippen molar-refractivity contribution >= 4 is 29.0 Å². The highest BCUT2D eigenvalue weighted by Gasteiger charge is 2.08. The van der Waals surface area contributed by atoms with Crippen LogP contribution in [-0.2, 0) is 6.54 Å². The highest BCUT2D eigenvalue weighted by atomic mass is 32.1. The number of thiophene rings is 1. The van der Waals surface area contributed by atoms with Gasteiger partial charge in [-0.3, -0.25) is 4.99 Å². The fraction of sp³-hybridized carbons (Fsp3) is 0.400. The van der Waals surface area contributed by atoms with Crippen LogP contribution in [0.15, 0.2) is 46.8 Å². The van der Waals surface area contributed by atoms with E-state index in [0.29, 0.717) is 12.5 Å². The SMILES string of the molecule is CN=C(NCc1ccc(NC(=O)NC(C)C)cc1)NCC(C)c1cccs1. The Bertz CT molecular complexity index is 725. The molecular formula is C20H29N5OS. The monoisotopic (exact) mass is 387 g/mol. The average Bonchev–Trinajstić information content (AvgIpc) is 3.17. The maximum atomic E-state index is 11.7. The maximum absolute atomic E-state index is 11.7. The largest absolute Gasteiger partial charge is 0.356 e. The van der Waals surface area contributed by atoms with Gasteiger partial charge in [-0.2, -0.15) is 0 Å². The van der Waals surface area contributed by atoms with Gasteiger partial charge < -0.3 is 21.3 Å². The Morgan fingerprint density at radius 2 is 1.85 bits per heavy atom. The lowest BCUT2D eigenvalue weighted by Crippen LogP contribution is -2.38. The molecule has 1 aromatic heterocycles. The number of rotatable bonds is 7. The molecule has 2 amide bonds. The van der Waals surface area contributed by atoms with Crippen LogP contribution in [-0.4, -0.2) is 31.6 Å². The van der Waals surface area contributed by atoms with E-state index in [1.54, 1.807) is 18.4 Å². The standard InChI is InChI=1S/C20H29N5OS/c1-14(2)24-20(26)25-17-9-7-16(8-10-17)13-23-19(21-4)22-12-15(3)18-6-5-11-27-18/h5-11,14-15H,12-13H2,1-4H3,(H2,21,22,23)(H2,24,25,26). The van der Waals surface area contributed by atoms with E-state index in [-0.39, 0.29) is 12.1 Å². The van der Waals surface area contributed by atoms with Gasteiger partial charge in [0.25, 0.3) is 0 Å². The zero-order chi connectivity index (χ0) is 19.6. The van der Waals surface area contributed by atoms with Crippen molar-refractivity contribution in [3.63, 3.8) is 0 Å². The summed E-state index contributed by atoms with van der Waals surface area (Å²) in [5, 5.41) is 14.4. The predicted molar refractivity (Wildman–Crippen MR) is 115 cm³/mol. The molecule has 1 unspecified atom stereocenters. The highest BCUT2D eigenvalue weighted by Crippen LogP contribution is 2.19. The Labute approximate surface area is 165 Å². The van der Waals surface area contributed by atoms with Crippen LogP contribution in [0.2, 0.25) is 0 Å². The molecule has 0 bridgehead atoms. The predicted octanol–water partition coefficient (Wildman–Crippen LogP) is 3.75. The fourth-order valence-corrected chi connectivity index (χ4v) is 3.25. The third kappa shape index (κ3) is 7.30. The Kier molecular flexibility index (Phi) is 8.13. The summed E-state index contributed by atoms with van der Waals surface area (Å²) in [6, 6.07) is 11.9. The van der Waals surface area contributed by atoms with E-state index in [1.165, 1.54) is 4.88 Å². The minimum Gasteiger partial charge on any atom is -0.356 e. The van der Waals surface area contributed by atoms with Gasteiger partial charge in [0.1, 0.15) is 0 Å². The summed E-state index contributed by atoms with van der Waals surface area (Å²) in [7, 11) is 1.77. The molecule has 6 nitrogen and oxygen atoms in total. The van der Waals surface area contributed by atoms with Crippen molar-refractivity contribution in [2.24, 2.45) is 4.99 Å². The molecule has 2 aromatic rings. The van der Waals surface area contributed by atoms with E-state index in [4.69, 9.17) is 0 Å². The molecule has 0 spiro atoms. The average molecular weight is 388 g/mol. The summed E-state index contributed by atoms with van der Waals surface area (Å²) in [5.41, 5.74) is 1.88. The van der Waals surface area contributed by atoms with Crippen LogP contribution in [0.3, 0.4) is 0 Å². The van der Waals surface area contributed by atoms with Crippen LogP contribution in [0.4, 0.5) is 10.5 Å². The molecular weight excluding hydrogens is 358 g/mol. The minimum atomic E-state index is -0.194. The molecule has 27 heavy (non-hydrogen) atoms. The topological polar surface area (TPSA) is 77.5 Å². The van der Waals surface area contributed by atoms with Gasteiger partial charge in [0.05, 0.1) is 0 Å². The van der Waals surface area contributed by atoms with Crippen LogP contribution < -0.4 is 21.3 Å². The number of benzene rings is 1. The molecule has 0 saturated carbocycles. The number of guanidine groups is 1. The summed E-state index contributed by atoms with van der Waals surface area (Å²) in [4.78, 5) is 17.4. The summed E-state index contributed by atoms with van der Waals surface area (Å²) < 4.78 is 0. The first-order valence-corrected chi connectivity index (χ1v) is 10.00. The third-order valence-electron chi connectivity index (χ3n) is 3.92. The van der Waals surface area contributed by atoms with E-state index in [2.05, 4.69) is 50.7 Å². The van der Waals surface area contributed by atoms with Crippen molar-refractivity contribution in [2.75, 3.05) is 18.9 Å².